The van der Waals surface area contributed by atoms with E-state index in [2.05, 4.69) is 59.4 Å². The molecule has 1 N–H and O–H groups in total. The number of piperazine rings is 1. The van der Waals surface area contributed by atoms with Crippen LogP contribution < -0.4 is 10.1 Å². The van der Waals surface area contributed by atoms with Crippen molar-refractivity contribution in [2.24, 2.45) is 0 Å². The number of likely N-dealkylation sites (N-methyl/N-ethyl adjacent to an activating group) is 1. The van der Waals surface area contributed by atoms with Crippen LogP contribution in [0, 0.1) is 6.92 Å². The summed E-state index contributed by atoms with van der Waals surface area (Å²) in [6.07, 6.45) is 0. The van der Waals surface area contributed by atoms with Gasteiger partial charge in [0.15, 0.2) is 6.61 Å². The van der Waals surface area contributed by atoms with Crippen molar-refractivity contribution < 1.29 is 9.53 Å². The molecule has 31 heavy (non-hydrogen) atoms. The molecule has 5 nitrogen and oxygen atoms in total. The van der Waals surface area contributed by atoms with E-state index in [1.54, 1.807) is 0 Å². The molecule has 4 rings (SSSR count). The summed E-state index contributed by atoms with van der Waals surface area (Å²) in [4.78, 5) is 17.4. The Morgan fingerprint density at radius 1 is 0.968 bits per heavy atom. The van der Waals surface area contributed by atoms with E-state index in [-0.39, 0.29) is 18.6 Å². The maximum atomic E-state index is 12.5. The molecule has 0 bridgehead atoms. The zero-order valence-electron chi connectivity index (χ0n) is 18.4. The van der Waals surface area contributed by atoms with Crippen LogP contribution in [-0.4, -0.2) is 62.1 Å². The number of hydrogen-bond donors (Lipinski definition) is 1. The lowest BCUT2D eigenvalue weighted by atomic mass is 10.0. The highest BCUT2D eigenvalue weighted by atomic mass is 16.5. The van der Waals surface area contributed by atoms with Crippen molar-refractivity contribution in [3.8, 4) is 5.75 Å². The van der Waals surface area contributed by atoms with Crippen LogP contribution in [0.4, 0.5) is 0 Å². The summed E-state index contributed by atoms with van der Waals surface area (Å²) in [6, 6.07) is 22.8. The van der Waals surface area contributed by atoms with Gasteiger partial charge in [0, 0.05) is 32.7 Å². The fourth-order valence-corrected chi connectivity index (χ4v) is 4.05. The van der Waals surface area contributed by atoms with Crippen LogP contribution in [0.25, 0.3) is 10.8 Å². The fourth-order valence-electron chi connectivity index (χ4n) is 4.05. The largest absolute Gasteiger partial charge is 0.484 e. The number of nitrogens with one attached hydrogen (secondary N) is 1. The summed E-state index contributed by atoms with van der Waals surface area (Å²) < 4.78 is 5.76. The molecule has 3 aromatic carbocycles. The smallest absolute Gasteiger partial charge is 0.258 e. The van der Waals surface area contributed by atoms with Gasteiger partial charge >= 0.3 is 0 Å². The van der Waals surface area contributed by atoms with Crippen LogP contribution in [0.5, 0.6) is 5.75 Å². The molecule has 0 spiro atoms. The average Bonchev–Trinajstić information content (AvgIpc) is 2.80. The zero-order valence-corrected chi connectivity index (χ0v) is 18.4. The van der Waals surface area contributed by atoms with Gasteiger partial charge in [-0.2, -0.15) is 0 Å². The molecule has 1 saturated heterocycles. The molecule has 3 aromatic rings. The van der Waals surface area contributed by atoms with Crippen LogP contribution >= 0.6 is 0 Å². The Kier molecular flexibility index (Phi) is 6.85. The predicted octanol–water partition coefficient (Wildman–Crippen LogP) is 3.63. The lowest BCUT2D eigenvalue weighted by Crippen LogP contribution is -2.48. The van der Waals surface area contributed by atoms with Crippen molar-refractivity contribution in [2.75, 3.05) is 46.4 Å². The minimum absolute atomic E-state index is 0.0156. The van der Waals surface area contributed by atoms with Crippen molar-refractivity contribution in [1.29, 1.82) is 0 Å². The second-order valence-corrected chi connectivity index (χ2v) is 8.37. The molecule has 1 heterocycles. The van der Waals surface area contributed by atoms with Crippen molar-refractivity contribution in [3.05, 3.63) is 77.9 Å². The normalized spacial score (nSPS) is 16.2. The molecule has 0 aromatic heterocycles. The number of fused-ring (bicyclic) bond motifs is 1. The first-order valence-corrected chi connectivity index (χ1v) is 11.0. The lowest BCUT2D eigenvalue weighted by Gasteiger charge is -2.38. The van der Waals surface area contributed by atoms with Gasteiger partial charge in [-0.3, -0.25) is 9.69 Å². The average molecular weight is 418 g/mol. The second kappa shape index (κ2) is 9.94. The molecule has 0 radical (unpaired) electrons. The monoisotopic (exact) mass is 417 g/mol. The highest BCUT2D eigenvalue weighted by molar-refractivity contribution is 5.84. The van der Waals surface area contributed by atoms with E-state index in [1.165, 1.54) is 11.1 Å². The van der Waals surface area contributed by atoms with E-state index in [0.717, 1.165) is 37.0 Å². The van der Waals surface area contributed by atoms with E-state index >= 15 is 0 Å². The highest BCUT2D eigenvalue weighted by Gasteiger charge is 2.24. The topological polar surface area (TPSA) is 44.8 Å². The van der Waals surface area contributed by atoms with Gasteiger partial charge in [-0.05, 0) is 42.4 Å². The third-order valence-corrected chi connectivity index (χ3v) is 6.02. The Morgan fingerprint density at radius 3 is 2.42 bits per heavy atom. The van der Waals surface area contributed by atoms with Crippen molar-refractivity contribution in [2.45, 2.75) is 13.0 Å². The molecule has 1 fully saturated rings. The third-order valence-electron chi connectivity index (χ3n) is 6.02. The number of amides is 1. The van der Waals surface area contributed by atoms with Crippen LogP contribution in [0.15, 0.2) is 66.7 Å². The minimum Gasteiger partial charge on any atom is -0.484 e. The van der Waals surface area contributed by atoms with Gasteiger partial charge in [0.25, 0.3) is 5.91 Å². The molecular formula is C26H31N3O2. The lowest BCUT2D eigenvalue weighted by molar-refractivity contribution is -0.123. The molecule has 0 aliphatic carbocycles. The Hall–Kier alpha value is -2.89. The maximum Gasteiger partial charge on any atom is 0.258 e. The molecule has 1 atom stereocenters. The standard InChI is InChI=1S/C26H31N3O2/c1-20-7-9-22(10-8-20)25(29-15-13-28(2)14-16-29)18-27-26(30)19-31-24-12-11-21-5-3-4-6-23(21)17-24/h3-12,17,25H,13-16,18-19H2,1-2H3,(H,27,30)/t25-/m1/s1. The summed E-state index contributed by atoms with van der Waals surface area (Å²) in [5, 5.41) is 5.36. The molecule has 0 saturated carbocycles. The van der Waals surface area contributed by atoms with E-state index in [9.17, 15) is 4.79 Å². The summed E-state index contributed by atoms with van der Waals surface area (Å²) in [5.41, 5.74) is 2.49. The number of hydrogen-bond acceptors (Lipinski definition) is 4. The van der Waals surface area contributed by atoms with Gasteiger partial charge in [-0.15, -0.1) is 0 Å². The molecule has 5 heteroatoms. The first kappa shape index (κ1) is 21.3. The predicted molar refractivity (Wildman–Crippen MR) is 125 cm³/mol. The quantitative estimate of drug-likeness (QED) is 0.638. The van der Waals surface area contributed by atoms with Gasteiger partial charge in [0.05, 0.1) is 6.04 Å². The Labute approximate surface area is 184 Å². The van der Waals surface area contributed by atoms with Crippen LogP contribution in [0.3, 0.4) is 0 Å². The van der Waals surface area contributed by atoms with Crippen molar-refractivity contribution >= 4 is 16.7 Å². The van der Waals surface area contributed by atoms with Gasteiger partial charge < -0.3 is 15.0 Å². The van der Waals surface area contributed by atoms with Crippen LogP contribution in [-0.2, 0) is 4.79 Å². The number of nitrogens with zero attached hydrogens (tertiary/aromatic N) is 2. The maximum absolute atomic E-state index is 12.5. The molecular weight excluding hydrogens is 386 g/mol. The van der Waals surface area contributed by atoms with E-state index < -0.39 is 0 Å². The van der Waals surface area contributed by atoms with Crippen LogP contribution in [0.2, 0.25) is 0 Å². The number of rotatable bonds is 7. The first-order valence-electron chi connectivity index (χ1n) is 11.0. The highest BCUT2D eigenvalue weighted by Crippen LogP contribution is 2.23. The first-order chi connectivity index (χ1) is 15.1. The van der Waals surface area contributed by atoms with Gasteiger partial charge in [0.2, 0.25) is 0 Å². The summed E-state index contributed by atoms with van der Waals surface area (Å²) >= 11 is 0. The van der Waals surface area contributed by atoms with Crippen molar-refractivity contribution in [3.63, 3.8) is 0 Å². The van der Waals surface area contributed by atoms with E-state index in [4.69, 9.17) is 4.74 Å². The number of carbonyl (C=O) groups excluding carboxylic acids is 1. The van der Waals surface area contributed by atoms with Crippen LogP contribution in [0.1, 0.15) is 17.2 Å². The Morgan fingerprint density at radius 2 is 1.68 bits per heavy atom. The fraction of sp³-hybridized carbons (Fsp3) is 0.346. The summed E-state index contributed by atoms with van der Waals surface area (Å²) in [5.74, 6) is 0.613. The van der Waals surface area contributed by atoms with Gasteiger partial charge in [0.1, 0.15) is 5.75 Å². The number of aryl methyl sites for hydroxylation is 1. The summed E-state index contributed by atoms with van der Waals surface area (Å²) in [6.45, 7) is 6.77. The summed E-state index contributed by atoms with van der Waals surface area (Å²) in [7, 11) is 2.16. The van der Waals surface area contributed by atoms with E-state index in [0.29, 0.717) is 12.3 Å². The zero-order chi connectivity index (χ0) is 21.6. The molecule has 162 valence electrons. The van der Waals surface area contributed by atoms with Crippen molar-refractivity contribution in [1.82, 2.24) is 15.1 Å². The molecule has 1 aliphatic heterocycles. The van der Waals surface area contributed by atoms with Gasteiger partial charge in [-0.25, -0.2) is 0 Å². The number of ether oxygens (including phenoxy) is 1. The Bertz CT molecular complexity index is 1010. The number of carbonyl (C=O) groups is 1. The number of benzene rings is 3. The Balaban J connectivity index is 1.36. The molecule has 0 unspecified atom stereocenters. The second-order valence-electron chi connectivity index (χ2n) is 8.37. The van der Waals surface area contributed by atoms with E-state index in [1.807, 2.05) is 36.4 Å². The molecule has 1 aliphatic rings. The SMILES string of the molecule is Cc1ccc([C@@H](CNC(=O)COc2ccc3ccccc3c2)N2CCN(C)CC2)cc1. The minimum atomic E-state index is -0.0978. The molecule has 1 amide bonds. The third kappa shape index (κ3) is 5.63. The van der Waals surface area contributed by atoms with Gasteiger partial charge in [-0.1, -0.05) is 60.2 Å².